The van der Waals surface area contributed by atoms with Gasteiger partial charge < -0.3 is 10.4 Å². The second-order valence-corrected chi connectivity index (χ2v) is 4.24. The molecule has 2 N–H and O–H groups in total. The molecule has 0 saturated heterocycles. The van der Waals surface area contributed by atoms with Gasteiger partial charge in [-0.05, 0) is 24.5 Å². The molecule has 0 fully saturated rings. The fraction of sp³-hybridized carbons (Fsp3) is 0.462. The van der Waals surface area contributed by atoms with Crippen LogP contribution in [0.1, 0.15) is 25.3 Å². The summed E-state index contributed by atoms with van der Waals surface area (Å²) in [6, 6.07) is 6.45. The van der Waals surface area contributed by atoms with E-state index < -0.39 is 4.92 Å². The second-order valence-electron chi connectivity index (χ2n) is 4.24. The SMILES string of the molecule is CCC(CCO)CNc1cccc(C#N)c1[N+](=O)[O-]. The summed E-state index contributed by atoms with van der Waals surface area (Å²) < 4.78 is 0. The van der Waals surface area contributed by atoms with Crippen LogP contribution in [0.15, 0.2) is 18.2 Å². The Balaban J connectivity index is 2.89. The molecule has 1 aromatic rings. The lowest BCUT2D eigenvalue weighted by atomic mass is 10.0. The average Bonchev–Trinajstić information content (AvgIpc) is 2.42. The molecule has 6 nitrogen and oxygen atoms in total. The molecule has 1 aromatic carbocycles. The van der Waals surface area contributed by atoms with Gasteiger partial charge >= 0.3 is 5.69 Å². The number of anilines is 1. The van der Waals surface area contributed by atoms with E-state index in [1.807, 2.05) is 13.0 Å². The number of nitrogens with zero attached hydrogens (tertiary/aromatic N) is 2. The standard InChI is InChI=1S/C13H17N3O3/c1-2-10(6-7-17)9-15-12-5-3-4-11(8-14)13(12)16(18)19/h3-5,10,15,17H,2,6-7,9H2,1H3. The Hall–Kier alpha value is -2.13. The van der Waals surface area contributed by atoms with E-state index in [2.05, 4.69) is 5.32 Å². The molecule has 0 aliphatic rings. The highest BCUT2D eigenvalue weighted by atomic mass is 16.6. The van der Waals surface area contributed by atoms with Crippen molar-refractivity contribution in [3.05, 3.63) is 33.9 Å². The minimum Gasteiger partial charge on any atom is -0.396 e. The van der Waals surface area contributed by atoms with Crippen LogP contribution in [0, 0.1) is 27.4 Å². The lowest BCUT2D eigenvalue weighted by molar-refractivity contribution is -0.384. The first-order chi connectivity index (χ1) is 9.13. The first-order valence-electron chi connectivity index (χ1n) is 6.16. The molecule has 0 aliphatic carbocycles. The van der Waals surface area contributed by atoms with Gasteiger partial charge in [0.2, 0.25) is 0 Å². The predicted octanol–water partition coefficient (Wildman–Crippen LogP) is 2.29. The maximum absolute atomic E-state index is 11.0. The number of nitro groups is 1. The van der Waals surface area contributed by atoms with Crippen LogP contribution < -0.4 is 5.32 Å². The van der Waals surface area contributed by atoms with Crippen LogP contribution in [0.4, 0.5) is 11.4 Å². The van der Waals surface area contributed by atoms with Crippen molar-refractivity contribution in [2.45, 2.75) is 19.8 Å². The molecule has 102 valence electrons. The van der Waals surface area contributed by atoms with Gasteiger partial charge in [-0.3, -0.25) is 10.1 Å². The molecule has 1 unspecified atom stereocenters. The highest BCUT2D eigenvalue weighted by Crippen LogP contribution is 2.28. The molecule has 0 spiro atoms. The normalized spacial score (nSPS) is 11.6. The quantitative estimate of drug-likeness (QED) is 0.580. The molecular weight excluding hydrogens is 246 g/mol. The smallest absolute Gasteiger partial charge is 0.309 e. The predicted molar refractivity (Wildman–Crippen MR) is 71.8 cm³/mol. The lowest BCUT2D eigenvalue weighted by Gasteiger charge is -2.15. The van der Waals surface area contributed by atoms with E-state index in [0.717, 1.165) is 6.42 Å². The zero-order chi connectivity index (χ0) is 14.3. The Bertz CT molecular complexity index is 483. The fourth-order valence-corrected chi connectivity index (χ4v) is 1.86. The molecule has 6 heteroatoms. The van der Waals surface area contributed by atoms with E-state index in [0.29, 0.717) is 18.7 Å². The maximum atomic E-state index is 11.0. The van der Waals surface area contributed by atoms with Gasteiger partial charge in [-0.1, -0.05) is 19.4 Å². The van der Waals surface area contributed by atoms with Crippen molar-refractivity contribution in [2.24, 2.45) is 5.92 Å². The van der Waals surface area contributed by atoms with Gasteiger partial charge in [0.1, 0.15) is 17.3 Å². The van der Waals surface area contributed by atoms with Gasteiger partial charge in [0.05, 0.1) is 4.92 Å². The van der Waals surface area contributed by atoms with Crippen molar-refractivity contribution in [3.8, 4) is 6.07 Å². The Morgan fingerprint density at radius 3 is 2.84 bits per heavy atom. The van der Waals surface area contributed by atoms with Crippen LogP contribution in [0.5, 0.6) is 0 Å². The number of nitro benzene ring substituents is 1. The van der Waals surface area contributed by atoms with E-state index in [4.69, 9.17) is 10.4 Å². The third-order valence-electron chi connectivity index (χ3n) is 3.03. The molecule has 19 heavy (non-hydrogen) atoms. The van der Waals surface area contributed by atoms with Crippen molar-refractivity contribution in [2.75, 3.05) is 18.5 Å². The summed E-state index contributed by atoms with van der Waals surface area (Å²) in [5.41, 5.74) is 0.203. The van der Waals surface area contributed by atoms with E-state index in [1.165, 1.54) is 6.07 Å². The Morgan fingerprint density at radius 1 is 1.58 bits per heavy atom. The first kappa shape index (κ1) is 14.9. The number of hydrogen-bond donors (Lipinski definition) is 2. The van der Waals surface area contributed by atoms with Crippen molar-refractivity contribution in [3.63, 3.8) is 0 Å². The minimum atomic E-state index is -0.548. The van der Waals surface area contributed by atoms with Gasteiger partial charge in [-0.2, -0.15) is 5.26 Å². The topological polar surface area (TPSA) is 99.2 Å². The molecule has 0 radical (unpaired) electrons. The molecule has 1 atom stereocenters. The van der Waals surface area contributed by atoms with Crippen molar-refractivity contribution in [1.82, 2.24) is 0 Å². The molecular formula is C13H17N3O3. The first-order valence-corrected chi connectivity index (χ1v) is 6.16. The Morgan fingerprint density at radius 2 is 2.32 bits per heavy atom. The third-order valence-corrected chi connectivity index (χ3v) is 3.03. The van der Waals surface area contributed by atoms with Gasteiger partial charge in [0.15, 0.2) is 0 Å². The minimum absolute atomic E-state index is 0.0465. The summed E-state index contributed by atoms with van der Waals surface area (Å²) in [6.45, 7) is 2.63. The van der Waals surface area contributed by atoms with Gasteiger partial charge in [-0.25, -0.2) is 0 Å². The van der Waals surface area contributed by atoms with Crippen LogP contribution in [-0.2, 0) is 0 Å². The van der Waals surface area contributed by atoms with Crippen LogP contribution in [-0.4, -0.2) is 23.2 Å². The number of aliphatic hydroxyl groups is 1. The van der Waals surface area contributed by atoms with Crippen molar-refractivity contribution >= 4 is 11.4 Å². The number of nitriles is 1. The maximum Gasteiger partial charge on any atom is 0.309 e. The number of rotatable bonds is 7. The molecule has 0 amide bonds. The Labute approximate surface area is 111 Å². The number of hydrogen-bond acceptors (Lipinski definition) is 5. The van der Waals surface area contributed by atoms with Gasteiger partial charge in [0.25, 0.3) is 0 Å². The number of nitrogens with one attached hydrogen (secondary N) is 1. The Kier molecular flexibility index (Phi) is 5.76. The van der Waals surface area contributed by atoms with E-state index in [1.54, 1.807) is 12.1 Å². The monoisotopic (exact) mass is 263 g/mol. The lowest BCUT2D eigenvalue weighted by Crippen LogP contribution is -2.16. The number of aliphatic hydroxyl groups excluding tert-OH is 1. The van der Waals surface area contributed by atoms with Crippen molar-refractivity contribution < 1.29 is 10.0 Å². The summed E-state index contributed by atoms with van der Waals surface area (Å²) in [4.78, 5) is 10.5. The van der Waals surface area contributed by atoms with Crippen molar-refractivity contribution in [1.29, 1.82) is 5.26 Å². The molecule has 0 heterocycles. The second kappa shape index (κ2) is 7.34. The van der Waals surface area contributed by atoms with Gasteiger partial charge in [0, 0.05) is 13.2 Å². The van der Waals surface area contributed by atoms with E-state index in [9.17, 15) is 10.1 Å². The molecule has 0 aliphatic heterocycles. The highest BCUT2D eigenvalue weighted by molar-refractivity contribution is 5.68. The molecule has 0 bridgehead atoms. The van der Waals surface area contributed by atoms with E-state index >= 15 is 0 Å². The number of para-hydroxylation sites is 1. The summed E-state index contributed by atoms with van der Waals surface area (Å²) >= 11 is 0. The summed E-state index contributed by atoms with van der Waals surface area (Å²) in [7, 11) is 0. The molecule has 0 aromatic heterocycles. The summed E-state index contributed by atoms with van der Waals surface area (Å²) in [5, 5.41) is 31.8. The van der Waals surface area contributed by atoms with Crippen LogP contribution >= 0.6 is 0 Å². The molecule has 0 saturated carbocycles. The van der Waals surface area contributed by atoms with Gasteiger partial charge in [-0.15, -0.1) is 0 Å². The summed E-state index contributed by atoms with van der Waals surface area (Å²) in [5.74, 6) is 0.246. The fourth-order valence-electron chi connectivity index (χ4n) is 1.86. The zero-order valence-corrected chi connectivity index (χ0v) is 10.8. The number of benzene rings is 1. The third kappa shape index (κ3) is 3.93. The summed E-state index contributed by atoms with van der Waals surface area (Å²) in [6.07, 6.45) is 1.52. The van der Waals surface area contributed by atoms with E-state index in [-0.39, 0.29) is 23.8 Å². The zero-order valence-electron chi connectivity index (χ0n) is 10.8. The van der Waals surface area contributed by atoms with Crippen LogP contribution in [0.2, 0.25) is 0 Å². The largest absolute Gasteiger partial charge is 0.396 e. The van der Waals surface area contributed by atoms with Crippen LogP contribution in [0.25, 0.3) is 0 Å². The molecule has 1 rings (SSSR count). The van der Waals surface area contributed by atoms with Crippen LogP contribution in [0.3, 0.4) is 0 Å². The highest BCUT2D eigenvalue weighted by Gasteiger charge is 2.19. The average molecular weight is 263 g/mol.